The molecule has 5 heteroatoms. The molecule has 0 atom stereocenters. The van der Waals surface area contributed by atoms with Crippen LogP contribution < -0.4 is 4.90 Å². The Bertz CT molecular complexity index is 326. The third-order valence-corrected chi connectivity index (χ3v) is 3.03. The van der Waals surface area contributed by atoms with E-state index in [0.29, 0.717) is 17.7 Å². The third-order valence-electron chi connectivity index (χ3n) is 2.85. The van der Waals surface area contributed by atoms with Gasteiger partial charge in [-0.1, -0.05) is 11.6 Å². The van der Waals surface area contributed by atoms with Crippen molar-refractivity contribution in [3.63, 3.8) is 0 Å². The van der Waals surface area contributed by atoms with Gasteiger partial charge in [0.1, 0.15) is 0 Å². The Morgan fingerprint density at radius 1 is 1.47 bits per heavy atom. The SMILES string of the molecule is OCC1CCN(c2cnnc(Cl)c2)CC1. The first-order valence-corrected chi connectivity index (χ1v) is 5.51. The maximum Gasteiger partial charge on any atom is 0.153 e. The molecular weight excluding hydrogens is 214 g/mol. The predicted molar refractivity (Wildman–Crippen MR) is 59.1 cm³/mol. The fourth-order valence-electron chi connectivity index (χ4n) is 1.88. The van der Waals surface area contributed by atoms with Gasteiger partial charge >= 0.3 is 0 Å². The first-order valence-electron chi connectivity index (χ1n) is 5.13. The molecule has 0 spiro atoms. The largest absolute Gasteiger partial charge is 0.396 e. The summed E-state index contributed by atoms with van der Waals surface area (Å²) in [7, 11) is 0. The van der Waals surface area contributed by atoms with E-state index in [-0.39, 0.29) is 0 Å². The molecule has 4 nitrogen and oxygen atoms in total. The van der Waals surface area contributed by atoms with Gasteiger partial charge < -0.3 is 10.0 Å². The van der Waals surface area contributed by atoms with E-state index in [1.807, 2.05) is 6.07 Å². The van der Waals surface area contributed by atoms with Crippen molar-refractivity contribution < 1.29 is 5.11 Å². The zero-order valence-electron chi connectivity index (χ0n) is 8.43. The van der Waals surface area contributed by atoms with E-state index in [1.54, 1.807) is 6.20 Å². The van der Waals surface area contributed by atoms with Gasteiger partial charge in [0.05, 0.1) is 11.9 Å². The zero-order chi connectivity index (χ0) is 10.7. The number of rotatable bonds is 2. The van der Waals surface area contributed by atoms with E-state index >= 15 is 0 Å². The summed E-state index contributed by atoms with van der Waals surface area (Å²) in [6.07, 6.45) is 3.78. The van der Waals surface area contributed by atoms with Crippen molar-refractivity contribution in [3.05, 3.63) is 17.4 Å². The maximum absolute atomic E-state index is 9.03. The molecule has 15 heavy (non-hydrogen) atoms. The minimum absolute atomic E-state index is 0.295. The van der Waals surface area contributed by atoms with Crippen LogP contribution in [0.25, 0.3) is 0 Å². The Balaban J connectivity index is 2.01. The number of aromatic nitrogens is 2. The molecule has 0 saturated carbocycles. The molecule has 82 valence electrons. The van der Waals surface area contributed by atoms with Crippen LogP contribution in [-0.2, 0) is 0 Å². The van der Waals surface area contributed by atoms with Crippen LogP contribution in [0.15, 0.2) is 12.3 Å². The molecule has 0 amide bonds. The Hall–Kier alpha value is -0.870. The van der Waals surface area contributed by atoms with Crippen LogP contribution in [0.4, 0.5) is 5.69 Å². The quantitative estimate of drug-likeness (QED) is 0.829. The van der Waals surface area contributed by atoms with Crippen molar-refractivity contribution >= 4 is 17.3 Å². The van der Waals surface area contributed by atoms with Crippen molar-refractivity contribution in [3.8, 4) is 0 Å². The van der Waals surface area contributed by atoms with Crippen LogP contribution in [0.5, 0.6) is 0 Å². The maximum atomic E-state index is 9.03. The summed E-state index contributed by atoms with van der Waals surface area (Å²) in [5.41, 5.74) is 1.02. The molecule has 0 radical (unpaired) electrons. The highest BCUT2D eigenvalue weighted by Gasteiger charge is 2.18. The number of piperidine rings is 1. The van der Waals surface area contributed by atoms with Gasteiger partial charge in [0.2, 0.25) is 0 Å². The first-order chi connectivity index (χ1) is 7.29. The lowest BCUT2D eigenvalue weighted by molar-refractivity contribution is 0.203. The van der Waals surface area contributed by atoms with Crippen molar-refractivity contribution in [2.75, 3.05) is 24.6 Å². The normalized spacial score (nSPS) is 18.1. The molecule has 1 aromatic rings. The Kier molecular flexibility index (Phi) is 3.38. The van der Waals surface area contributed by atoms with Crippen LogP contribution in [0.2, 0.25) is 5.15 Å². The van der Waals surface area contributed by atoms with Gasteiger partial charge in [0.15, 0.2) is 5.15 Å². The van der Waals surface area contributed by atoms with Crippen LogP contribution in [0.1, 0.15) is 12.8 Å². The highest BCUT2D eigenvalue weighted by Crippen LogP contribution is 2.23. The lowest BCUT2D eigenvalue weighted by Gasteiger charge is -2.32. The highest BCUT2D eigenvalue weighted by molar-refractivity contribution is 6.29. The fraction of sp³-hybridized carbons (Fsp3) is 0.600. The van der Waals surface area contributed by atoms with Crippen LogP contribution in [0.3, 0.4) is 0 Å². The number of hydrogen-bond acceptors (Lipinski definition) is 4. The summed E-state index contributed by atoms with van der Waals surface area (Å²) < 4.78 is 0. The minimum atomic E-state index is 0.295. The number of aliphatic hydroxyl groups is 1. The number of anilines is 1. The summed E-state index contributed by atoms with van der Waals surface area (Å²) >= 11 is 5.78. The second-order valence-electron chi connectivity index (χ2n) is 3.85. The summed E-state index contributed by atoms with van der Waals surface area (Å²) in [5, 5.41) is 17.0. The van der Waals surface area contributed by atoms with E-state index in [4.69, 9.17) is 16.7 Å². The summed E-state index contributed by atoms with van der Waals surface area (Å²) in [4.78, 5) is 2.23. The molecule has 0 unspecified atom stereocenters. The molecule has 2 rings (SSSR count). The second kappa shape index (κ2) is 4.77. The molecule has 1 saturated heterocycles. The van der Waals surface area contributed by atoms with Crippen LogP contribution >= 0.6 is 11.6 Å². The summed E-state index contributed by atoms with van der Waals surface area (Å²) in [6.45, 7) is 2.20. The standard InChI is InChI=1S/C10H14ClN3O/c11-10-5-9(6-12-13-10)14-3-1-8(7-15)2-4-14/h5-6,8,15H,1-4,7H2. The topological polar surface area (TPSA) is 49.2 Å². The van der Waals surface area contributed by atoms with Crippen molar-refractivity contribution in [1.29, 1.82) is 0 Å². The highest BCUT2D eigenvalue weighted by atomic mass is 35.5. The van der Waals surface area contributed by atoms with Gasteiger partial charge in [-0.05, 0) is 18.8 Å². The van der Waals surface area contributed by atoms with E-state index in [1.165, 1.54) is 0 Å². The Labute approximate surface area is 93.9 Å². The van der Waals surface area contributed by atoms with E-state index < -0.39 is 0 Å². The summed E-state index contributed by atoms with van der Waals surface area (Å²) in [5.74, 6) is 0.450. The van der Waals surface area contributed by atoms with E-state index in [9.17, 15) is 0 Å². The van der Waals surface area contributed by atoms with E-state index in [0.717, 1.165) is 31.6 Å². The second-order valence-corrected chi connectivity index (χ2v) is 4.24. The molecule has 1 aliphatic rings. The first kappa shape index (κ1) is 10.6. The van der Waals surface area contributed by atoms with E-state index in [2.05, 4.69) is 15.1 Å². The average molecular weight is 228 g/mol. The molecule has 1 N–H and O–H groups in total. The zero-order valence-corrected chi connectivity index (χ0v) is 9.19. The predicted octanol–water partition coefficient (Wildman–Crippen LogP) is 1.34. The lowest BCUT2D eigenvalue weighted by atomic mass is 9.98. The van der Waals surface area contributed by atoms with Gasteiger partial charge in [0.25, 0.3) is 0 Å². The molecule has 1 aliphatic heterocycles. The minimum Gasteiger partial charge on any atom is -0.396 e. The van der Waals surface area contributed by atoms with Crippen molar-refractivity contribution in [2.24, 2.45) is 5.92 Å². The number of nitrogens with zero attached hydrogens (tertiary/aromatic N) is 3. The van der Waals surface area contributed by atoms with Gasteiger partial charge in [-0.2, -0.15) is 5.10 Å². The Morgan fingerprint density at radius 3 is 2.80 bits per heavy atom. The molecule has 1 fully saturated rings. The van der Waals surface area contributed by atoms with Gasteiger partial charge in [-0.3, -0.25) is 0 Å². The molecule has 1 aromatic heterocycles. The van der Waals surface area contributed by atoms with Crippen molar-refractivity contribution in [2.45, 2.75) is 12.8 Å². The smallest absolute Gasteiger partial charge is 0.153 e. The van der Waals surface area contributed by atoms with Crippen LogP contribution in [0, 0.1) is 5.92 Å². The summed E-state index contributed by atoms with van der Waals surface area (Å²) in [6, 6.07) is 1.83. The lowest BCUT2D eigenvalue weighted by Crippen LogP contribution is -2.34. The number of aliphatic hydroxyl groups excluding tert-OH is 1. The van der Waals surface area contributed by atoms with Crippen LogP contribution in [-0.4, -0.2) is 35.0 Å². The molecule has 0 aliphatic carbocycles. The van der Waals surface area contributed by atoms with Gasteiger partial charge in [0, 0.05) is 25.8 Å². The van der Waals surface area contributed by atoms with Gasteiger partial charge in [-0.15, -0.1) is 5.10 Å². The molecule has 0 aromatic carbocycles. The third kappa shape index (κ3) is 2.58. The molecular formula is C10H14ClN3O. The monoisotopic (exact) mass is 227 g/mol. The molecule has 0 bridgehead atoms. The Morgan fingerprint density at radius 2 is 2.20 bits per heavy atom. The van der Waals surface area contributed by atoms with Crippen molar-refractivity contribution in [1.82, 2.24) is 10.2 Å². The number of hydrogen-bond donors (Lipinski definition) is 1. The fourth-order valence-corrected chi connectivity index (χ4v) is 2.03. The molecule has 2 heterocycles. The van der Waals surface area contributed by atoms with Gasteiger partial charge in [-0.25, -0.2) is 0 Å². The number of halogens is 1. The average Bonchev–Trinajstić information content (AvgIpc) is 2.29.